The maximum atomic E-state index is 13.0. The molecule has 7 heteroatoms. The maximum Gasteiger partial charge on any atom is 0.249 e. The molecule has 0 saturated heterocycles. The molecule has 1 atom stereocenters. The molecule has 2 aromatic rings. The van der Waals surface area contributed by atoms with Crippen LogP contribution in [0.15, 0.2) is 30.5 Å². The molecular weight excluding hydrogens is 353 g/mol. The second-order valence-corrected chi connectivity index (χ2v) is 7.76. The summed E-state index contributed by atoms with van der Waals surface area (Å²) in [6.45, 7) is 1.43. The number of thiazole rings is 1. The van der Waals surface area contributed by atoms with Gasteiger partial charge in [0.05, 0.1) is 0 Å². The Bertz CT molecular complexity index is 769. The van der Waals surface area contributed by atoms with E-state index in [2.05, 4.69) is 15.6 Å². The predicted molar refractivity (Wildman–Crippen MR) is 99.5 cm³/mol. The third-order valence-electron chi connectivity index (χ3n) is 4.59. The van der Waals surface area contributed by atoms with Crippen LogP contribution in [0.1, 0.15) is 43.0 Å². The van der Waals surface area contributed by atoms with Crippen molar-refractivity contribution in [3.8, 4) is 0 Å². The molecule has 1 heterocycles. The SMILES string of the molecule is CC(=O)NC(C(=O)Nc1ncc(Cc2ccc(F)cc2)s1)C1CCCC1. The highest BCUT2D eigenvalue weighted by Gasteiger charge is 2.31. The van der Waals surface area contributed by atoms with E-state index >= 15 is 0 Å². The summed E-state index contributed by atoms with van der Waals surface area (Å²) in [5.41, 5.74) is 0.981. The van der Waals surface area contributed by atoms with Gasteiger partial charge in [0.25, 0.3) is 0 Å². The highest BCUT2D eigenvalue weighted by Crippen LogP contribution is 2.29. The molecule has 138 valence electrons. The fourth-order valence-corrected chi connectivity index (χ4v) is 4.19. The molecule has 1 unspecified atom stereocenters. The van der Waals surface area contributed by atoms with Gasteiger partial charge < -0.3 is 10.6 Å². The number of halogens is 1. The monoisotopic (exact) mass is 375 g/mol. The van der Waals surface area contributed by atoms with Crippen LogP contribution in [-0.4, -0.2) is 22.8 Å². The fourth-order valence-electron chi connectivity index (χ4n) is 3.34. The van der Waals surface area contributed by atoms with E-state index < -0.39 is 6.04 Å². The van der Waals surface area contributed by atoms with E-state index in [0.29, 0.717) is 11.6 Å². The lowest BCUT2D eigenvalue weighted by atomic mass is 9.97. The summed E-state index contributed by atoms with van der Waals surface area (Å²) in [4.78, 5) is 29.3. The van der Waals surface area contributed by atoms with E-state index in [1.165, 1.54) is 30.4 Å². The van der Waals surface area contributed by atoms with Crippen LogP contribution in [0.2, 0.25) is 0 Å². The Morgan fingerprint density at radius 2 is 1.96 bits per heavy atom. The molecule has 2 N–H and O–H groups in total. The van der Waals surface area contributed by atoms with Crippen molar-refractivity contribution in [1.29, 1.82) is 0 Å². The van der Waals surface area contributed by atoms with Crippen molar-refractivity contribution in [2.24, 2.45) is 5.92 Å². The Morgan fingerprint density at radius 3 is 2.62 bits per heavy atom. The molecule has 0 spiro atoms. The number of hydrogen-bond donors (Lipinski definition) is 2. The first-order valence-corrected chi connectivity index (χ1v) is 9.60. The number of hydrogen-bond acceptors (Lipinski definition) is 4. The van der Waals surface area contributed by atoms with Gasteiger partial charge in [-0.05, 0) is 36.5 Å². The van der Waals surface area contributed by atoms with Crippen molar-refractivity contribution < 1.29 is 14.0 Å². The van der Waals surface area contributed by atoms with Crippen LogP contribution in [0.4, 0.5) is 9.52 Å². The molecule has 1 aliphatic rings. The first-order chi connectivity index (χ1) is 12.5. The highest BCUT2D eigenvalue weighted by molar-refractivity contribution is 7.15. The van der Waals surface area contributed by atoms with Crippen LogP contribution in [0, 0.1) is 11.7 Å². The summed E-state index contributed by atoms with van der Waals surface area (Å²) < 4.78 is 13.0. The molecule has 1 aliphatic carbocycles. The number of carbonyl (C=O) groups is 2. The number of carbonyl (C=O) groups excluding carboxylic acids is 2. The molecule has 2 amide bonds. The number of benzene rings is 1. The number of nitrogens with one attached hydrogen (secondary N) is 2. The van der Waals surface area contributed by atoms with Crippen LogP contribution >= 0.6 is 11.3 Å². The average Bonchev–Trinajstić information content (AvgIpc) is 3.27. The van der Waals surface area contributed by atoms with Gasteiger partial charge in [0.2, 0.25) is 11.8 Å². The Hall–Kier alpha value is -2.28. The number of amides is 2. The Kier molecular flexibility index (Phi) is 5.98. The third-order valence-corrected chi connectivity index (χ3v) is 5.50. The van der Waals surface area contributed by atoms with Gasteiger partial charge in [0.15, 0.2) is 5.13 Å². The second kappa shape index (κ2) is 8.40. The highest BCUT2D eigenvalue weighted by atomic mass is 32.1. The average molecular weight is 375 g/mol. The number of nitrogens with zero attached hydrogens (tertiary/aromatic N) is 1. The third kappa shape index (κ3) is 4.88. The van der Waals surface area contributed by atoms with Crippen LogP contribution in [0.3, 0.4) is 0 Å². The molecule has 3 rings (SSSR count). The largest absolute Gasteiger partial charge is 0.344 e. The Morgan fingerprint density at radius 1 is 1.27 bits per heavy atom. The summed E-state index contributed by atoms with van der Waals surface area (Å²) in [5.74, 6) is -0.498. The van der Waals surface area contributed by atoms with Crippen molar-refractivity contribution in [3.05, 3.63) is 46.7 Å². The van der Waals surface area contributed by atoms with Crippen molar-refractivity contribution in [2.75, 3.05) is 5.32 Å². The van der Waals surface area contributed by atoms with E-state index in [0.717, 1.165) is 36.1 Å². The first kappa shape index (κ1) is 18.5. The van der Waals surface area contributed by atoms with E-state index in [-0.39, 0.29) is 23.5 Å². The molecule has 0 bridgehead atoms. The predicted octanol–water partition coefficient (Wildman–Crippen LogP) is 3.51. The topological polar surface area (TPSA) is 71.1 Å². The first-order valence-electron chi connectivity index (χ1n) is 8.78. The fraction of sp³-hybridized carbons (Fsp3) is 0.421. The normalized spacial score (nSPS) is 15.6. The summed E-state index contributed by atoms with van der Waals surface area (Å²) in [6.07, 6.45) is 6.43. The van der Waals surface area contributed by atoms with Gasteiger partial charge in [-0.3, -0.25) is 9.59 Å². The second-order valence-electron chi connectivity index (χ2n) is 6.65. The zero-order valence-corrected chi connectivity index (χ0v) is 15.4. The summed E-state index contributed by atoms with van der Waals surface area (Å²) in [7, 11) is 0. The van der Waals surface area contributed by atoms with E-state index in [9.17, 15) is 14.0 Å². The van der Waals surface area contributed by atoms with E-state index in [4.69, 9.17) is 0 Å². The van der Waals surface area contributed by atoms with Crippen LogP contribution in [0.25, 0.3) is 0 Å². The van der Waals surface area contributed by atoms with Crippen molar-refractivity contribution in [3.63, 3.8) is 0 Å². The molecule has 5 nitrogen and oxygen atoms in total. The smallest absolute Gasteiger partial charge is 0.249 e. The lowest BCUT2D eigenvalue weighted by Crippen LogP contribution is -2.47. The molecule has 0 aliphatic heterocycles. The zero-order valence-electron chi connectivity index (χ0n) is 14.6. The summed E-state index contributed by atoms with van der Waals surface area (Å²) in [6, 6.07) is 5.82. The standard InChI is InChI=1S/C19H22FN3O2S/c1-12(24)22-17(14-4-2-3-5-14)18(25)23-19-21-11-16(26-19)10-13-6-8-15(20)9-7-13/h6-9,11,14,17H,2-5,10H2,1H3,(H,22,24)(H,21,23,25). The number of aromatic nitrogens is 1. The molecule has 26 heavy (non-hydrogen) atoms. The molecular formula is C19H22FN3O2S. The Labute approximate surface area is 156 Å². The zero-order chi connectivity index (χ0) is 18.5. The molecule has 1 aromatic heterocycles. The lowest BCUT2D eigenvalue weighted by Gasteiger charge is -2.22. The van der Waals surface area contributed by atoms with Gasteiger partial charge in [-0.15, -0.1) is 11.3 Å². The van der Waals surface area contributed by atoms with Crippen molar-refractivity contribution in [1.82, 2.24) is 10.3 Å². The Balaban J connectivity index is 1.63. The van der Waals surface area contributed by atoms with Crippen LogP contribution < -0.4 is 10.6 Å². The van der Waals surface area contributed by atoms with Gasteiger partial charge in [0.1, 0.15) is 11.9 Å². The van der Waals surface area contributed by atoms with Crippen molar-refractivity contribution >= 4 is 28.3 Å². The van der Waals surface area contributed by atoms with E-state index in [1.807, 2.05) is 0 Å². The molecule has 1 fully saturated rings. The minimum Gasteiger partial charge on any atom is -0.344 e. The minimum absolute atomic E-state index is 0.178. The molecule has 1 saturated carbocycles. The number of anilines is 1. The van der Waals surface area contributed by atoms with Gasteiger partial charge in [-0.2, -0.15) is 0 Å². The van der Waals surface area contributed by atoms with Crippen LogP contribution in [-0.2, 0) is 16.0 Å². The molecule has 0 radical (unpaired) electrons. The van der Waals surface area contributed by atoms with Crippen molar-refractivity contribution in [2.45, 2.75) is 45.1 Å². The maximum absolute atomic E-state index is 13.0. The summed E-state index contributed by atoms with van der Waals surface area (Å²) >= 11 is 1.39. The van der Waals surface area contributed by atoms with Gasteiger partial charge >= 0.3 is 0 Å². The number of rotatable bonds is 6. The van der Waals surface area contributed by atoms with E-state index in [1.54, 1.807) is 18.3 Å². The summed E-state index contributed by atoms with van der Waals surface area (Å²) in [5, 5.41) is 6.13. The van der Waals surface area contributed by atoms with Gasteiger partial charge in [-0.25, -0.2) is 9.37 Å². The lowest BCUT2D eigenvalue weighted by molar-refractivity contribution is -0.126. The van der Waals surface area contributed by atoms with Crippen LogP contribution in [0.5, 0.6) is 0 Å². The quantitative estimate of drug-likeness (QED) is 0.812. The van der Waals surface area contributed by atoms with Gasteiger partial charge in [0, 0.05) is 24.4 Å². The van der Waals surface area contributed by atoms with Gasteiger partial charge in [-0.1, -0.05) is 25.0 Å². The minimum atomic E-state index is -0.514. The molecule has 1 aromatic carbocycles.